The normalized spacial score (nSPS) is 15.1. The Morgan fingerprint density at radius 1 is 0.329 bits per heavy atom. The molecular weight excluding hydrogens is 1000 g/mol. The zero-order valence-corrected chi connectivity index (χ0v) is 51.3. The minimum absolute atomic E-state index is 0.0830. The predicted molar refractivity (Wildman–Crippen MR) is 324 cm³/mol. The first-order chi connectivity index (χ1) is 38.7. The van der Waals surface area contributed by atoms with Crippen LogP contribution in [0.3, 0.4) is 0 Å². The average Bonchev–Trinajstić information content (AvgIpc) is 4.23. The highest BCUT2D eigenvalue weighted by atomic mass is 16.6. The van der Waals surface area contributed by atoms with E-state index < -0.39 is 0 Å². The van der Waals surface area contributed by atoms with Gasteiger partial charge in [0.1, 0.15) is 18.3 Å². The Morgan fingerprint density at radius 3 is 0.772 bits per heavy atom. The fraction of sp³-hybridized carbons (Fsp3) is 0.894. The minimum Gasteiger partial charge on any atom is -0.460 e. The summed E-state index contributed by atoms with van der Waals surface area (Å²) in [6.45, 7) is 6.46. The van der Waals surface area contributed by atoms with Gasteiger partial charge in [0.15, 0.2) is 0 Å². The second-order valence-corrected chi connectivity index (χ2v) is 22.1. The molecule has 0 bridgehead atoms. The van der Waals surface area contributed by atoms with Crippen LogP contribution in [-0.2, 0) is 33.3 Å². The monoisotopic (exact) mass is 1130 g/mol. The van der Waals surface area contributed by atoms with Crippen LogP contribution < -0.4 is 0 Å². The number of carbonyl (C=O) groups is 3. The summed E-state index contributed by atoms with van der Waals surface area (Å²) in [5.41, 5.74) is 0. The largest absolute Gasteiger partial charge is 0.460 e. The molecule has 1 rings (SSSR count). The van der Waals surface area contributed by atoms with Crippen LogP contribution in [0.2, 0.25) is 0 Å². The predicted octanol–water partition coefficient (Wildman–Crippen LogP) is 15.1. The third-order valence-corrected chi connectivity index (χ3v) is 14.7. The van der Waals surface area contributed by atoms with E-state index in [4.69, 9.17) is 49.6 Å². The van der Waals surface area contributed by atoms with Gasteiger partial charge >= 0.3 is 17.9 Å². The molecule has 0 radical (unpaired) electrons. The number of rotatable bonds is 57. The number of epoxide rings is 1. The summed E-state index contributed by atoms with van der Waals surface area (Å²) >= 11 is 0. The molecular formula is C66H126O13. The summed E-state index contributed by atoms with van der Waals surface area (Å²) in [5, 5.41) is 53.2. The van der Waals surface area contributed by atoms with Crippen LogP contribution in [0.4, 0.5) is 0 Å². The lowest BCUT2D eigenvalue weighted by Crippen LogP contribution is -2.20. The van der Waals surface area contributed by atoms with E-state index in [0.717, 1.165) is 96.3 Å². The SMILES string of the molecule is CCC(CO)OC(=O)CCCCCCC/C=C/CCCCCCCCO.CCC(CO)OC(=O)CCCCCCC/C=C\CCCCCCCCO.CCC(CO)OC(=O)CCCCCCCC1OC1CCCCCCCCO. The molecule has 0 saturated carbocycles. The molecule has 1 saturated heterocycles. The molecule has 13 heteroatoms. The van der Waals surface area contributed by atoms with E-state index in [1.807, 2.05) is 20.8 Å². The zero-order chi connectivity index (χ0) is 58.3. The van der Waals surface area contributed by atoms with Crippen molar-refractivity contribution >= 4 is 17.9 Å². The summed E-state index contributed by atoms with van der Waals surface area (Å²) < 4.78 is 21.3. The second-order valence-electron chi connectivity index (χ2n) is 22.1. The van der Waals surface area contributed by atoms with Crippen molar-refractivity contribution in [2.45, 2.75) is 340 Å². The van der Waals surface area contributed by atoms with Crippen molar-refractivity contribution in [3.05, 3.63) is 24.3 Å². The molecule has 0 aliphatic carbocycles. The number of hydrogen-bond donors (Lipinski definition) is 6. The molecule has 5 atom stereocenters. The Bertz CT molecular complexity index is 1250. The summed E-state index contributed by atoms with van der Waals surface area (Å²) in [7, 11) is 0. The molecule has 1 aliphatic rings. The van der Waals surface area contributed by atoms with Crippen molar-refractivity contribution in [2.24, 2.45) is 0 Å². The number of unbranched alkanes of at least 4 members (excludes halogenated alkanes) is 31. The smallest absolute Gasteiger partial charge is 0.306 e. The van der Waals surface area contributed by atoms with Gasteiger partial charge in [-0.05, 0) is 122 Å². The number of ether oxygens (including phenoxy) is 4. The van der Waals surface area contributed by atoms with Crippen LogP contribution in [0.25, 0.3) is 0 Å². The molecule has 0 aromatic rings. The van der Waals surface area contributed by atoms with Gasteiger partial charge < -0.3 is 49.6 Å². The first-order valence-corrected chi connectivity index (χ1v) is 32.9. The zero-order valence-electron chi connectivity index (χ0n) is 51.3. The molecule has 79 heavy (non-hydrogen) atoms. The van der Waals surface area contributed by atoms with Gasteiger partial charge in [0.25, 0.3) is 0 Å². The fourth-order valence-electron chi connectivity index (χ4n) is 9.24. The highest BCUT2D eigenvalue weighted by Crippen LogP contribution is 2.32. The fourth-order valence-corrected chi connectivity index (χ4v) is 9.24. The van der Waals surface area contributed by atoms with Crippen molar-refractivity contribution in [1.82, 2.24) is 0 Å². The molecule has 1 heterocycles. The second kappa shape index (κ2) is 64.8. The van der Waals surface area contributed by atoms with Crippen molar-refractivity contribution < 1.29 is 64.0 Å². The molecule has 6 N–H and O–H groups in total. The third-order valence-electron chi connectivity index (χ3n) is 14.7. The molecule has 0 aromatic carbocycles. The van der Waals surface area contributed by atoms with E-state index in [-0.39, 0.29) is 56.0 Å². The van der Waals surface area contributed by atoms with Crippen LogP contribution >= 0.6 is 0 Å². The summed E-state index contributed by atoms with van der Waals surface area (Å²) in [6, 6.07) is 0. The minimum atomic E-state index is -0.338. The number of aliphatic hydroxyl groups is 6. The van der Waals surface area contributed by atoms with E-state index in [1.165, 1.54) is 154 Å². The maximum Gasteiger partial charge on any atom is 0.306 e. The summed E-state index contributed by atoms with van der Waals surface area (Å²) in [5.74, 6) is -0.539. The molecule has 1 fully saturated rings. The first-order valence-electron chi connectivity index (χ1n) is 32.9. The van der Waals surface area contributed by atoms with E-state index in [1.54, 1.807) is 0 Å². The molecule has 0 amide bonds. The van der Waals surface area contributed by atoms with Gasteiger partial charge in [-0.1, -0.05) is 193 Å². The Morgan fingerprint density at radius 2 is 0.544 bits per heavy atom. The van der Waals surface area contributed by atoms with Crippen LogP contribution in [0.5, 0.6) is 0 Å². The quantitative estimate of drug-likeness (QED) is 0.0110. The lowest BCUT2D eigenvalue weighted by Gasteiger charge is -2.12. The summed E-state index contributed by atoms with van der Waals surface area (Å²) in [4.78, 5) is 34.7. The molecule has 13 nitrogen and oxygen atoms in total. The number of hydrogen-bond acceptors (Lipinski definition) is 13. The van der Waals surface area contributed by atoms with Crippen LogP contribution in [0, 0.1) is 0 Å². The third kappa shape index (κ3) is 60.0. The van der Waals surface area contributed by atoms with Gasteiger partial charge in [0.2, 0.25) is 0 Å². The summed E-state index contributed by atoms with van der Waals surface area (Å²) in [6.07, 6.45) is 58.1. The Hall–Kier alpha value is -2.39. The van der Waals surface area contributed by atoms with Crippen molar-refractivity contribution in [3.63, 3.8) is 0 Å². The van der Waals surface area contributed by atoms with E-state index >= 15 is 0 Å². The van der Waals surface area contributed by atoms with Crippen molar-refractivity contribution in [2.75, 3.05) is 39.6 Å². The highest BCUT2D eigenvalue weighted by molar-refractivity contribution is 5.70. The lowest BCUT2D eigenvalue weighted by molar-refractivity contribution is -0.152. The van der Waals surface area contributed by atoms with E-state index in [9.17, 15) is 14.4 Å². The topological polar surface area (TPSA) is 213 Å². The van der Waals surface area contributed by atoms with E-state index in [0.29, 0.717) is 70.6 Å². The number of allylic oxidation sites excluding steroid dienone is 4. The van der Waals surface area contributed by atoms with Gasteiger partial charge in [0, 0.05) is 39.1 Å². The molecule has 5 unspecified atom stereocenters. The number of aliphatic hydroxyl groups excluding tert-OH is 6. The van der Waals surface area contributed by atoms with Gasteiger partial charge in [-0.15, -0.1) is 0 Å². The molecule has 1 aliphatic heterocycles. The highest BCUT2D eigenvalue weighted by Gasteiger charge is 2.36. The van der Waals surface area contributed by atoms with E-state index in [2.05, 4.69) is 24.3 Å². The van der Waals surface area contributed by atoms with Gasteiger partial charge in [-0.2, -0.15) is 0 Å². The average molecular weight is 1130 g/mol. The van der Waals surface area contributed by atoms with Crippen molar-refractivity contribution in [3.8, 4) is 0 Å². The Kier molecular flexibility index (Phi) is 64.5. The Labute approximate surface area is 484 Å². The molecule has 0 spiro atoms. The number of esters is 3. The van der Waals surface area contributed by atoms with Crippen LogP contribution in [-0.4, -0.2) is 119 Å². The molecule has 468 valence electrons. The Balaban J connectivity index is 0. The maximum absolute atomic E-state index is 11.6. The molecule has 0 aromatic heterocycles. The maximum atomic E-state index is 11.6. The number of carbonyl (C=O) groups excluding carboxylic acids is 3. The lowest BCUT2D eigenvalue weighted by atomic mass is 10.0. The van der Waals surface area contributed by atoms with Gasteiger partial charge in [-0.3, -0.25) is 14.4 Å². The van der Waals surface area contributed by atoms with Crippen molar-refractivity contribution in [1.29, 1.82) is 0 Å². The standard InChI is InChI=1S/C22H42O5.2C22H42O4/c1-2-19(18-24)26-22(25)16-12-8-5-7-11-15-21-20(27-21)14-10-6-3-4-9-13-17-23;2*1-2-21(20-24)26-22(25)18-16-14-12-10-8-6-4-3-5-7-9-11-13-15-17-19-23/h19-21,23-24H,2-18H2,1H3;2*3-4,21,23-24H,2,5-20H2,1H3/b;4-3+;4-3-. The van der Waals surface area contributed by atoms with Crippen LogP contribution in [0.1, 0.15) is 310 Å². The van der Waals surface area contributed by atoms with Gasteiger partial charge in [-0.25, -0.2) is 0 Å². The van der Waals surface area contributed by atoms with Gasteiger partial charge in [0.05, 0.1) is 32.0 Å². The van der Waals surface area contributed by atoms with Crippen LogP contribution in [0.15, 0.2) is 24.3 Å². The first kappa shape index (κ1) is 78.7.